The Labute approximate surface area is 221 Å². The monoisotopic (exact) mass is 504 g/mol. The summed E-state index contributed by atoms with van der Waals surface area (Å²) in [5, 5.41) is 7.09. The first-order valence-electron chi connectivity index (χ1n) is 12.6. The van der Waals surface area contributed by atoms with Crippen LogP contribution in [0, 0.1) is 0 Å². The molecule has 0 radical (unpaired) electrons. The first-order valence-corrected chi connectivity index (χ1v) is 12.6. The van der Waals surface area contributed by atoms with Crippen LogP contribution >= 0.6 is 0 Å². The van der Waals surface area contributed by atoms with Crippen molar-refractivity contribution in [2.75, 3.05) is 5.32 Å². The largest absolute Gasteiger partial charge is 0.489 e. The molecule has 3 aromatic carbocycles. The van der Waals surface area contributed by atoms with Crippen molar-refractivity contribution in [2.45, 2.75) is 32.8 Å². The molecule has 190 valence electrons. The lowest BCUT2D eigenvalue weighted by Crippen LogP contribution is -2.19. The van der Waals surface area contributed by atoms with Crippen molar-refractivity contribution in [3.8, 4) is 5.75 Å². The van der Waals surface area contributed by atoms with Gasteiger partial charge in [-0.15, -0.1) is 0 Å². The lowest BCUT2D eigenvalue weighted by atomic mass is 10.1. The quantitative estimate of drug-likeness (QED) is 0.243. The van der Waals surface area contributed by atoms with E-state index in [0.717, 1.165) is 29.7 Å². The number of aromatic nitrogens is 1. The van der Waals surface area contributed by atoms with Gasteiger partial charge in [0.1, 0.15) is 12.4 Å². The fraction of sp³-hybridized carbons (Fsp3) is 0.161. The number of ether oxygens (including phenoxy) is 1. The molecule has 1 aliphatic carbocycles. The number of hydrogen-bond donors (Lipinski definition) is 2. The zero-order valence-corrected chi connectivity index (χ0v) is 21.1. The Morgan fingerprint density at radius 1 is 0.868 bits per heavy atom. The highest BCUT2D eigenvalue weighted by atomic mass is 16.5. The third kappa shape index (κ3) is 6.13. The molecule has 5 rings (SSSR count). The molecule has 0 saturated carbocycles. The van der Waals surface area contributed by atoms with E-state index in [1.165, 1.54) is 23.7 Å². The average molecular weight is 505 g/mol. The van der Waals surface area contributed by atoms with E-state index in [4.69, 9.17) is 4.74 Å². The van der Waals surface area contributed by atoms with Crippen molar-refractivity contribution in [3.05, 3.63) is 125 Å². The highest BCUT2D eigenvalue weighted by molar-refractivity contribution is 6.05. The van der Waals surface area contributed by atoms with Crippen molar-refractivity contribution in [1.82, 2.24) is 10.4 Å². The van der Waals surface area contributed by atoms with E-state index >= 15 is 0 Å². The fourth-order valence-corrected chi connectivity index (χ4v) is 4.37. The molecule has 7 heteroatoms. The molecular weight excluding hydrogens is 476 g/mol. The molecule has 0 saturated heterocycles. The molecule has 0 aliphatic heterocycles. The van der Waals surface area contributed by atoms with Gasteiger partial charge in [0.15, 0.2) is 0 Å². The lowest BCUT2D eigenvalue weighted by molar-refractivity contribution is 0.0953. The number of anilines is 1. The van der Waals surface area contributed by atoms with Crippen LogP contribution in [0.15, 0.2) is 96.4 Å². The summed E-state index contributed by atoms with van der Waals surface area (Å²) in [5.74, 6) is 0.316. The molecule has 0 atom stereocenters. The summed E-state index contributed by atoms with van der Waals surface area (Å²) in [7, 11) is 0. The molecule has 1 heterocycles. The maximum atomic E-state index is 12.7. The lowest BCUT2D eigenvalue weighted by Gasteiger charge is -2.09. The molecule has 2 N–H and O–H groups in total. The van der Waals surface area contributed by atoms with Gasteiger partial charge in [-0.05, 0) is 97.0 Å². The fourth-order valence-electron chi connectivity index (χ4n) is 4.37. The Kier molecular flexibility index (Phi) is 7.54. The zero-order valence-electron chi connectivity index (χ0n) is 21.1. The molecule has 0 unspecified atom stereocenters. The predicted molar refractivity (Wildman–Crippen MR) is 148 cm³/mol. The van der Waals surface area contributed by atoms with Crippen LogP contribution in [0.1, 0.15) is 56.3 Å². The van der Waals surface area contributed by atoms with Gasteiger partial charge in [-0.25, -0.2) is 5.43 Å². The van der Waals surface area contributed by atoms with Crippen LogP contribution in [0.2, 0.25) is 0 Å². The van der Waals surface area contributed by atoms with E-state index in [-0.39, 0.29) is 11.8 Å². The number of carbonyl (C=O) groups excluding carboxylic acids is 2. The summed E-state index contributed by atoms with van der Waals surface area (Å²) in [4.78, 5) is 29.0. The summed E-state index contributed by atoms with van der Waals surface area (Å²) in [6.07, 6.45) is 6.59. The van der Waals surface area contributed by atoms with Crippen LogP contribution in [-0.2, 0) is 19.4 Å². The van der Waals surface area contributed by atoms with Gasteiger partial charge in [-0.1, -0.05) is 30.3 Å². The van der Waals surface area contributed by atoms with Crippen molar-refractivity contribution in [2.24, 2.45) is 5.10 Å². The minimum absolute atomic E-state index is 0.233. The normalized spacial score (nSPS) is 12.5. The summed E-state index contributed by atoms with van der Waals surface area (Å²) in [5.41, 5.74) is 9.41. The van der Waals surface area contributed by atoms with Crippen molar-refractivity contribution < 1.29 is 14.3 Å². The van der Waals surface area contributed by atoms with Crippen LogP contribution in [0.25, 0.3) is 0 Å². The molecule has 1 aromatic heterocycles. The van der Waals surface area contributed by atoms with E-state index < -0.39 is 0 Å². The number of nitrogens with one attached hydrogen (secondary N) is 2. The first-order chi connectivity index (χ1) is 18.5. The van der Waals surface area contributed by atoms with Crippen LogP contribution < -0.4 is 15.5 Å². The molecule has 7 nitrogen and oxygen atoms in total. The topological polar surface area (TPSA) is 92.7 Å². The smallest absolute Gasteiger partial charge is 0.271 e. The first kappa shape index (κ1) is 24.9. The number of pyridine rings is 1. The number of carbonyl (C=O) groups is 2. The minimum atomic E-state index is -0.302. The number of hydrogen-bond acceptors (Lipinski definition) is 5. The Balaban J connectivity index is 1.16. The van der Waals surface area contributed by atoms with Crippen molar-refractivity contribution in [1.29, 1.82) is 0 Å². The number of aryl methyl sites for hydroxylation is 2. The second kappa shape index (κ2) is 11.5. The Hall–Kier alpha value is -4.78. The molecule has 0 spiro atoms. The van der Waals surface area contributed by atoms with Crippen LogP contribution in [-0.4, -0.2) is 22.5 Å². The Morgan fingerprint density at radius 3 is 2.50 bits per heavy atom. The molecule has 38 heavy (non-hydrogen) atoms. The van der Waals surface area contributed by atoms with Crippen LogP contribution in [0.3, 0.4) is 0 Å². The van der Waals surface area contributed by atoms with E-state index in [2.05, 4.69) is 33.0 Å². The maximum absolute atomic E-state index is 12.7. The number of nitrogens with zero attached hydrogens (tertiary/aromatic N) is 2. The summed E-state index contributed by atoms with van der Waals surface area (Å²) in [6.45, 7) is 2.19. The number of hydrazone groups is 1. The predicted octanol–water partition coefficient (Wildman–Crippen LogP) is 5.56. The van der Waals surface area contributed by atoms with Gasteiger partial charge in [0.25, 0.3) is 11.8 Å². The minimum Gasteiger partial charge on any atom is -0.489 e. The maximum Gasteiger partial charge on any atom is 0.271 e. The number of fused-ring (bicyclic) bond motifs is 1. The molecule has 0 bridgehead atoms. The summed E-state index contributed by atoms with van der Waals surface area (Å²) >= 11 is 0. The number of amides is 2. The van der Waals surface area contributed by atoms with Gasteiger partial charge in [0.2, 0.25) is 0 Å². The van der Waals surface area contributed by atoms with Gasteiger partial charge in [-0.2, -0.15) is 5.10 Å². The van der Waals surface area contributed by atoms with E-state index in [0.29, 0.717) is 29.1 Å². The van der Waals surface area contributed by atoms with Gasteiger partial charge in [0.05, 0.1) is 11.3 Å². The molecule has 0 fully saturated rings. The van der Waals surface area contributed by atoms with Gasteiger partial charge in [-0.3, -0.25) is 14.6 Å². The van der Waals surface area contributed by atoms with Gasteiger partial charge < -0.3 is 10.1 Å². The van der Waals surface area contributed by atoms with Crippen molar-refractivity contribution in [3.63, 3.8) is 0 Å². The molecular formula is C31H28N4O3. The van der Waals surface area contributed by atoms with E-state index in [1.807, 2.05) is 43.3 Å². The second-order valence-electron chi connectivity index (χ2n) is 9.18. The summed E-state index contributed by atoms with van der Waals surface area (Å²) < 4.78 is 5.98. The van der Waals surface area contributed by atoms with Crippen LogP contribution in [0.4, 0.5) is 5.69 Å². The van der Waals surface area contributed by atoms with E-state index in [1.54, 1.807) is 36.5 Å². The number of benzene rings is 3. The van der Waals surface area contributed by atoms with Gasteiger partial charge in [0, 0.05) is 23.6 Å². The summed E-state index contributed by atoms with van der Waals surface area (Å²) in [6, 6.07) is 24.3. The standard InChI is InChI=1S/C31H28N4O3/c1-21(23-10-13-28(14-11-23)33-30(36)27-9-4-16-32-19-27)34-35-31(37)26-8-2-5-22(17-26)20-38-29-15-12-24-6-3-7-25(24)18-29/h2,4-5,8-19H,3,6-7,20H2,1H3,(H,33,36)(H,35,37)/b34-21+. The third-order valence-electron chi connectivity index (χ3n) is 6.47. The third-order valence-corrected chi connectivity index (χ3v) is 6.47. The number of rotatable bonds is 8. The zero-order chi connectivity index (χ0) is 26.3. The van der Waals surface area contributed by atoms with Gasteiger partial charge >= 0.3 is 0 Å². The Morgan fingerprint density at radius 2 is 1.68 bits per heavy atom. The second-order valence-corrected chi connectivity index (χ2v) is 9.18. The average Bonchev–Trinajstić information content (AvgIpc) is 3.44. The van der Waals surface area contributed by atoms with Crippen LogP contribution in [0.5, 0.6) is 5.75 Å². The molecule has 2 amide bonds. The molecule has 4 aromatic rings. The SMILES string of the molecule is C/C(=N\NC(=O)c1cccc(COc2ccc3c(c2)CCC3)c1)c1ccc(NC(=O)c2cccnc2)cc1. The van der Waals surface area contributed by atoms with Crippen molar-refractivity contribution >= 4 is 23.2 Å². The highest BCUT2D eigenvalue weighted by Crippen LogP contribution is 2.26. The van der Waals surface area contributed by atoms with E-state index in [9.17, 15) is 9.59 Å². The molecule has 1 aliphatic rings. The highest BCUT2D eigenvalue weighted by Gasteiger charge is 2.12. The Bertz CT molecular complexity index is 1480.